The van der Waals surface area contributed by atoms with Crippen molar-refractivity contribution in [2.75, 3.05) is 6.54 Å². The van der Waals surface area contributed by atoms with E-state index in [1.807, 2.05) is 5.32 Å². The molecule has 0 saturated carbocycles. The van der Waals surface area contributed by atoms with E-state index in [0.717, 1.165) is 0 Å². The molecule has 3 atom stereocenters. The van der Waals surface area contributed by atoms with Crippen LogP contribution in [-0.4, -0.2) is 86.7 Å². The van der Waals surface area contributed by atoms with Gasteiger partial charge in [-0.2, -0.15) is 0 Å². The van der Waals surface area contributed by atoms with Gasteiger partial charge in [0.25, 0.3) is 0 Å². The molecule has 0 aliphatic heterocycles. The van der Waals surface area contributed by atoms with Gasteiger partial charge in [0, 0.05) is 12.8 Å². The fraction of sp³-hybridized carbons (Fsp3) is 0.562. The van der Waals surface area contributed by atoms with Gasteiger partial charge in [0.2, 0.25) is 17.7 Å². The monoisotopic (exact) mass is 448 g/mol. The van der Waals surface area contributed by atoms with E-state index >= 15 is 0 Å². The zero-order valence-electron chi connectivity index (χ0n) is 16.2. The Morgan fingerprint density at radius 1 is 0.710 bits per heavy atom. The summed E-state index contributed by atoms with van der Waals surface area (Å²) in [4.78, 5) is 78.9. The van der Waals surface area contributed by atoms with Gasteiger partial charge in [-0.3, -0.25) is 28.8 Å². The third-order valence-electron chi connectivity index (χ3n) is 3.72. The van der Waals surface area contributed by atoms with Crippen LogP contribution >= 0.6 is 0 Å². The predicted octanol–water partition coefficient (Wildman–Crippen LogP) is -3.31. The molecule has 15 nitrogen and oxygen atoms in total. The number of nitrogens with one attached hydrogen (secondary N) is 3. The molecule has 0 bridgehead atoms. The lowest BCUT2D eigenvalue weighted by Gasteiger charge is -2.20. The number of carboxylic acid groups (broad SMARTS) is 4. The van der Waals surface area contributed by atoms with Crippen molar-refractivity contribution in [1.82, 2.24) is 16.0 Å². The maximum atomic E-state index is 12.2. The molecule has 174 valence electrons. The Balaban J connectivity index is 4.93. The quantitative estimate of drug-likeness (QED) is 0.122. The largest absolute Gasteiger partial charge is 0.481 e. The van der Waals surface area contributed by atoms with Crippen molar-refractivity contribution in [3.05, 3.63) is 0 Å². The van der Waals surface area contributed by atoms with E-state index in [2.05, 4.69) is 10.6 Å². The number of hydrogen-bond acceptors (Lipinski definition) is 8. The summed E-state index contributed by atoms with van der Waals surface area (Å²) in [6, 6.07) is -4.45. The van der Waals surface area contributed by atoms with Crippen molar-refractivity contribution in [3.63, 3.8) is 0 Å². The number of hydrogen-bond donors (Lipinski definition) is 8. The molecule has 0 heterocycles. The molecule has 0 aliphatic carbocycles. The molecular weight excluding hydrogens is 424 g/mol. The van der Waals surface area contributed by atoms with E-state index in [4.69, 9.17) is 26.2 Å². The molecule has 0 rings (SSSR count). The Morgan fingerprint density at radius 3 is 1.74 bits per heavy atom. The van der Waals surface area contributed by atoms with E-state index in [9.17, 15) is 33.6 Å². The predicted molar refractivity (Wildman–Crippen MR) is 98.5 cm³/mol. The summed E-state index contributed by atoms with van der Waals surface area (Å²) in [6.45, 7) is -0.785. The van der Waals surface area contributed by atoms with E-state index in [1.54, 1.807) is 0 Å². The van der Waals surface area contributed by atoms with Crippen molar-refractivity contribution >= 4 is 41.6 Å². The minimum Gasteiger partial charge on any atom is -0.481 e. The zero-order valence-corrected chi connectivity index (χ0v) is 16.2. The average molecular weight is 448 g/mol. The number of carbonyl (C=O) groups excluding carboxylic acids is 3. The van der Waals surface area contributed by atoms with Crippen LogP contribution in [0.3, 0.4) is 0 Å². The zero-order chi connectivity index (χ0) is 24.1. The molecule has 0 aromatic carbocycles. The van der Waals surface area contributed by atoms with Gasteiger partial charge in [-0.15, -0.1) is 0 Å². The highest BCUT2D eigenvalue weighted by Crippen LogP contribution is 2.01. The van der Waals surface area contributed by atoms with Crippen LogP contribution < -0.4 is 21.7 Å². The molecule has 9 N–H and O–H groups in total. The van der Waals surface area contributed by atoms with Crippen LogP contribution in [0.2, 0.25) is 0 Å². The maximum Gasteiger partial charge on any atom is 0.326 e. The second-order valence-corrected chi connectivity index (χ2v) is 6.31. The summed E-state index contributed by atoms with van der Waals surface area (Å²) >= 11 is 0. The molecular formula is C16H24N4O11. The minimum absolute atomic E-state index is 0.239. The van der Waals surface area contributed by atoms with Crippen LogP contribution in [0.25, 0.3) is 0 Å². The minimum atomic E-state index is -1.74. The normalized spacial score (nSPS) is 13.2. The Hall–Kier alpha value is -3.75. The van der Waals surface area contributed by atoms with Gasteiger partial charge in [-0.05, 0) is 12.8 Å². The molecule has 0 aromatic rings. The van der Waals surface area contributed by atoms with Crippen LogP contribution in [0.15, 0.2) is 0 Å². The SMILES string of the molecule is NC(CCC(=O)O)C(=O)NC(CCC(=O)O)C(=O)NCC(=O)NC(CC(=O)O)C(=O)O. The van der Waals surface area contributed by atoms with Gasteiger partial charge in [-0.1, -0.05) is 0 Å². The van der Waals surface area contributed by atoms with Gasteiger partial charge in [-0.25, -0.2) is 4.79 Å². The summed E-state index contributed by atoms with van der Waals surface area (Å²) < 4.78 is 0. The van der Waals surface area contributed by atoms with E-state index in [-0.39, 0.29) is 12.8 Å². The van der Waals surface area contributed by atoms with Crippen LogP contribution in [0.1, 0.15) is 32.1 Å². The molecule has 0 radical (unpaired) electrons. The molecule has 3 amide bonds. The van der Waals surface area contributed by atoms with Crippen LogP contribution in [0, 0.1) is 0 Å². The Bertz CT molecular complexity index is 724. The average Bonchev–Trinajstić information content (AvgIpc) is 2.65. The molecule has 0 aliphatic rings. The Labute approximate surface area is 175 Å². The number of carboxylic acids is 4. The highest BCUT2D eigenvalue weighted by molar-refractivity contribution is 5.93. The van der Waals surface area contributed by atoms with Crippen molar-refractivity contribution in [3.8, 4) is 0 Å². The van der Waals surface area contributed by atoms with Crippen molar-refractivity contribution in [2.45, 2.75) is 50.2 Å². The first-order chi connectivity index (χ1) is 14.3. The van der Waals surface area contributed by atoms with Gasteiger partial charge in [0.1, 0.15) is 12.1 Å². The molecule has 31 heavy (non-hydrogen) atoms. The van der Waals surface area contributed by atoms with Crippen molar-refractivity contribution in [2.24, 2.45) is 5.73 Å². The molecule has 0 saturated heterocycles. The van der Waals surface area contributed by atoms with Crippen molar-refractivity contribution < 1.29 is 54.0 Å². The number of amides is 3. The topological polar surface area (TPSA) is 263 Å². The molecule has 0 aromatic heterocycles. The lowest BCUT2D eigenvalue weighted by atomic mass is 10.1. The molecule has 3 unspecified atom stereocenters. The van der Waals surface area contributed by atoms with Crippen LogP contribution in [-0.2, 0) is 33.6 Å². The Morgan fingerprint density at radius 2 is 1.26 bits per heavy atom. The second-order valence-electron chi connectivity index (χ2n) is 6.31. The second kappa shape index (κ2) is 13.5. The van der Waals surface area contributed by atoms with Gasteiger partial charge in [0.15, 0.2) is 0 Å². The third-order valence-corrected chi connectivity index (χ3v) is 3.72. The van der Waals surface area contributed by atoms with Crippen LogP contribution in [0.5, 0.6) is 0 Å². The summed E-state index contributed by atoms with van der Waals surface area (Å²) in [5.41, 5.74) is 5.52. The van der Waals surface area contributed by atoms with Gasteiger partial charge in [0.05, 0.1) is 19.0 Å². The number of rotatable bonds is 15. The third kappa shape index (κ3) is 12.4. The highest BCUT2D eigenvalue weighted by Gasteiger charge is 2.26. The number of carbonyl (C=O) groups is 7. The molecule has 15 heteroatoms. The van der Waals surface area contributed by atoms with Gasteiger partial charge >= 0.3 is 23.9 Å². The summed E-state index contributed by atoms with van der Waals surface area (Å²) in [6.07, 6.45) is -2.47. The Kier molecular flexibility index (Phi) is 11.8. The first kappa shape index (κ1) is 27.2. The number of nitrogens with two attached hydrogens (primary N) is 1. The molecule has 0 fully saturated rings. The van der Waals surface area contributed by atoms with E-state index in [1.165, 1.54) is 0 Å². The first-order valence-electron chi connectivity index (χ1n) is 8.84. The standard InChI is InChI=1S/C16H24N4O11/c17-7(1-3-11(22)23)14(28)20-8(2-4-12(24)25)15(29)18-6-10(21)19-9(16(30)31)5-13(26)27/h7-9H,1-6,17H2,(H,18,29)(H,19,21)(H,20,28)(H,22,23)(H,24,25)(H,26,27)(H,30,31). The fourth-order valence-electron chi connectivity index (χ4n) is 2.14. The fourth-order valence-corrected chi connectivity index (χ4v) is 2.14. The highest BCUT2D eigenvalue weighted by atomic mass is 16.4. The first-order valence-corrected chi connectivity index (χ1v) is 8.84. The van der Waals surface area contributed by atoms with Crippen LogP contribution in [0.4, 0.5) is 0 Å². The lowest BCUT2D eigenvalue weighted by molar-refractivity contribution is -0.147. The summed E-state index contributed by atoms with van der Waals surface area (Å²) in [7, 11) is 0. The van der Waals surface area contributed by atoms with E-state index in [0.29, 0.717) is 0 Å². The molecule has 0 spiro atoms. The maximum absolute atomic E-state index is 12.2. The lowest BCUT2D eigenvalue weighted by Crippen LogP contribution is -2.53. The smallest absolute Gasteiger partial charge is 0.326 e. The summed E-state index contributed by atoms with van der Waals surface area (Å²) in [5.74, 6) is -8.50. The summed E-state index contributed by atoms with van der Waals surface area (Å²) in [5, 5.41) is 41.0. The van der Waals surface area contributed by atoms with Crippen molar-refractivity contribution in [1.29, 1.82) is 0 Å². The van der Waals surface area contributed by atoms with E-state index < -0.39 is 85.5 Å². The van der Waals surface area contributed by atoms with Gasteiger partial charge < -0.3 is 42.1 Å². The number of aliphatic carboxylic acids is 4.